The van der Waals surface area contributed by atoms with Crippen LogP contribution in [0, 0.1) is 0 Å². The van der Waals surface area contributed by atoms with Gasteiger partial charge in [-0.05, 0) is 25.0 Å². The molecule has 0 aliphatic carbocycles. The van der Waals surface area contributed by atoms with E-state index in [4.69, 9.17) is 0 Å². The van der Waals surface area contributed by atoms with Crippen molar-refractivity contribution in [1.29, 1.82) is 0 Å². The Balaban J connectivity index is 2.13. The van der Waals surface area contributed by atoms with Crippen LogP contribution >= 0.6 is 0 Å². The standard InChI is InChI=1S/C10H11N3/c1-4-9-10(11-5-1)13-6-2-3-8(13)7-12-9/h1,4-5,7-8H,2-3,6H2. The lowest BCUT2D eigenvalue weighted by Gasteiger charge is -2.27. The number of aromatic nitrogens is 1. The molecule has 3 rings (SSSR count). The van der Waals surface area contributed by atoms with Crippen LogP contribution in [0.4, 0.5) is 11.5 Å². The third kappa shape index (κ3) is 0.963. The van der Waals surface area contributed by atoms with Crippen molar-refractivity contribution in [2.24, 2.45) is 4.99 Å². The van der Waals surface area contributed by atoms with Gasteiger partial charge in [0.1, 0.15) is 5.69 Å². The van der Waals surface area contributed by atoms with Gasteiger partial charge in [0.2, 0.25) is 0 Å². The first kappa shape index (κ1) is 7.06. The topological polar surface area (TPSA) is 28.5 Å². The van der Waals surface area contributed by atoms with Crippen molar-refractivity contribution >= 4 is 17.7 Å². The van der Waals surface area contributed by atoms with Gasteiger partial charge in [0.15, 0.2) is 5.82 Å². The van der Waals surface area contributed by atoms with E-state index in [0.717, 1.165) is 18.1 Å². The van der Waals surface area contributed by atoms with Crippen LogP contribution in [0.1, 0.15) is 12.8 Å². The van der Waals surface area contributed by atoms with Crippen LogP contribution in [-0.4, -0.2) is 23.8 Å². The SMILES string of the molecule is C1=Nc2cccnc2N2CCCC12. The predicted octanol–water partition coefficient (Wildman–Crippen LogP) is 1.77. The Morgan fingerprint density at radius 3 is 3.46 bits per heavy atom. The first-order chi connectivity index (χ1) is 6.45. The van der Waals surface area contributed by atoms with Crippen LogP contribution in [0.3, 0.4) is 0 Å². The van der Waals surface area contributed by atoms with E-state index in [9.17, 15) is 0 Å². The summed E-state index contributed by atoms with van der Waals surface area (Å²) in [6.45, 7) is 1.13. The highest BCUT2D eigenvalue weighted by atomic mass is 15.3. The first-order valence-electron chi connectivity index (χ1n) is 4.71. The molecule has 3 heterocycles. The van der Waals surface area contributed by atoms with Crippen LogP contribution in [0.25, 0.3) is 0 Å². The van der Waals surface area contributed by atoms with Crippen LogP contribution < -0.4 is 4.90 Å². The van der Waals surface area contributed by atoms with Gasteiger partial charge in [-0.2, -0.15) is 0 Å². The van der Waals surface area contributed by atoms with E-state index in [0.29, 0.717) is 6.04 Å². The highest BCUT2D eigenvalue weighted by Crippen LogP contribution is 2.34. The second-order valence-corrected chi connectivity index (χ2v) is 3.53. The zero-order valence-corrected chi connectivity index (χ0v) is 7.35. The number of pyridine rings is 1. The van der Waals surface area contributed by atoms with Crippen molar-refractivity contribution in [1.82, 2.24) is 4.98 Å². The first-order valence-corrected chi connectivity index (χ1v) is 4.71. The number of hydrogen-bond acceptors (Lipinski definition) is 3. The molecule has 1 aromatic heterocycles. The molecule has 1 unspecified atom stereocenters. The Hall–Kier alpha value is -1.38. The summed E-state index contributed by atoms with van der Waals surface area (Å²) < 4.78 is 0. The van der Waals surface area contributed by atoms with Crippen LogP contribution in [0.15, 0.2) is 23.3 Å². The minimum Gasteiger partial charge on any atom is -0.347 e. The molecule has 1 saturated heterocycles. The van der Waals surface area contributed by atoms with Crippen molar-refractivity contribution in [2.45, 2.75) is 18.9 Å². The second kappa shape index (κ2) is 2.55. The lowest BCUT2D eigenvalue weighted by Crippen LogP contribution is -2.32. The fourth-order valence-electron chi connectivity index (χ4n) is 2.09. The molecule has 1 atom stereocenters. The molecule has 0 amide bonds. The molecule has 0 spiro atoms. The summed E-state index contributed by atoms with van der Waals surface area (Å²) in [6.07, 6.45) is 6.37. The average Bonchev–Trinajstić information content (AvgIpc) is 2.65. The van der Waals surface area contributed by atoms with Gasteiger partial charge in [-0.3, -0.25) is 4.99 Å². The summed E-state index contributed by atoms with van der Waals surface area (Å²) in [7, 11) is 0. The van der Waals surface area contributed by atoms with Crippen LogP contribution in [0.5, 0.6) is 0 Å². The zero-order chi connectivity index (χ0) is 8.67. The van der Waals surface area contributed by atoms with E-state index in [1.54, 1.807) is 0 Å². The molecule has 2 aliphatic rings. The van der Waals surface area contributed by atoms with Crippen molar-refractivity contribution < 1.29 is 0 Å². The Morgan fingerprint density at radius 1 is 1.46 bits per heavy atom. The quantitative estimate of drug-likeness (QED) is 0.598. The molecule has 2 aliphatic heterocycles. The lowest BCUT2D eigenvalue weighted by atomic mass is 10.2. The van der Waals surface area contributed by atoms with Gasteiger partial charge in [-0.1, -0.05) is 0 Å². The molecule has 13 heavy (non-hydrogen) atoms. The number of rotatable bonds is 0. The minimum atomic E-state index is 0.502. The molecule has 0 N–H and O–H groups in total. The minimum absolute atomic E-state index is 0.502. The van der Waals surface area contributed by atoms with E-state index in [2.05, 4.69) is 21.1 Å². The summed E-state index contributed by atoms with van der Waals surface area (Å²) >= 11 is 0. The van der Waals surface area contributed by atoms with E-state index in [1.807, 2.05) is 18.3 Å². The van der Waals surface area contributed by atoms with Crippen molar-refractivity contribution in [3.8, 4) is 0 Å². The highest BCUT2D eigenvalue weighted by molar-refractivity contribution is 5.82. The highest BCUT2D eigenvalue weighted by Gasteiger charge is 2.28. The van der Waals surface area contributed by atoms with Gasteiger partial charge < -0.3 is 4.90 Å². The van der Waals surface area contributed by atoms with Gasteiger partial charge >= 0.3 is 0 Å². The number of nitrogens with zero attached hydrogens (tertiary/aromatic N) is 3. The van der Waals surface area contributed by atoms with Gasteiger partial charge in [-0.15, -0.1) is 0 Å². The molecule has 3 nitrogen and oxygen atoms in total. The van der Waals surface area contributed by atoms with Crippen LogP contribution in [-0.2, 0) is 0 Å². The summed E-state index contributed by atoms with van der Waals surface area (Å²) in [5.74, 6) is 1.06. The zero-order valence-electron chi connectivity index (χ0n) is 7.35. The van der Waals surface area contributed by atoms with E-state index < -0.39 is 0 Å². The Kier molecular flexibility index (Phi) is 1.39. The van der Waals surface area contributed by atoms with Crippen molar-refractivity contribution in [2.75, 3.05) is 11.4 Å². The fraction of sp³-hybridized carbons (Fsp3) is 0.400. The molecule has 3 heteroatoms. The number of hydrogen-bond donors (Lipinski definition) is 0. The molecule has 1 aromatic rings. The van der Waals surface area contributed by atoms with Crippen molar-refractivity contribution in [3.05, 3.63) is 18.3 Å². The fourth-order valence-corrected chi connectivity index (χ4v) is 2.09. The predicted molar refractivity (Wildman–Crippen MR) is 52.8 cm³/mol. The summed E-state index contributed by atoms with van der Waals surface area (Å²) in [5.41, 5.74) is 1.01. The lowest BCUT2D eigenvalue weighted by molar-refractivity contribution is 0.834. The maximum atomic E-state index is 4.41. The molecular weight excluding hydrogens is 162 g/mol. The van der Waals surface area contributed by atoms with E-state index >= 15 is 0 Å². The smallest absolute Gasteiger partial charge is 0.155 e. The number of anilines is 1. The molecule has 0 radical (unpaired) electrons. The number of fused-ring (bicyclic) bond motifs is 3. The van der Waals surface area contributed by atoms with E-state index in [-0.39, 0.29) is 0 Å². The normalized spacial score (nSPS) is 24.3. The average molecular weight is 173 g/mol. The Morgan fingerprint density at radius 2 is 2.46 bits per heavy atom. The molecule has 0 aromatic carbocycles. The third-order valence-electron chi connectivity index (χ3n) is 2.72. The van der Waals surface area contributed by atoms with Gasteiger partial charge in [0.25, 0.3) is 0 Å². The third-order valence-corrected chi connectivity index (χ3v) is 2.72. The van der Waals surface area contributed by atoms with Crippen molar-refractivity contribution in [3.63, 3.8) is 0 Å². The Labute approximate surface area is 77.1 Å². The molecular formula is C10H11N3. The number of aliphatic imine (C=N–C) groups is 1. The van der Waals surface area contributed by atoms with Gasteiger partial charge in [0.05, 0.1) is 6.04 Å². The maximum Gasteiger partial charge on any atom is 0.155 e. The Bertz CT molecular complexity index is 359. The maximum absolute atomic E-state index is 4.41. The second-order valence-electron chi connectivity index (χ2n) is 3.53. The monoisotopic (exact) mass is 173 g/mol. The van der Waals surface area contributed by atoms with Gasteiger partial charge in [-0.25, -0.2) is 4.98 Å². The molecule has 66 valence electrons. The summed E-state index contributed by atoms with van der Waals surface area (Å²) in [5, 5.41) is 0. The van der Waals surface area contributed by atoms with E-state index in [1.165, 1.54) is 12.8 Å². The van der Waals surface area contributed by atoms with Crippen LogP contribution in [0.2, 0.25) is 0 Å². The van der Waals surface area contributed by atoms with Gasteiger partial charge in [0, 0.05) is 19.0 Å². The summed E-state index contributed by atoms with van der Waals surface area (Å²) in [4.78, 5) is 11.1. The molecule has 0 bridgehead atoms. The largest absolute Gasteiger partial charge is 0.347 e. The summed E-state index contributed by atoms with van der Waals surface area (Å²) in [6, 6.07) is 4.46. The molecule has 0 saturated carbocycles. The molecule has 1 fully saturated rings.